The molecule has 2 nitrogen and oxygen atoms in total. The number of rotatable bonds is 8. The zero-order valence-electron chi connectivity index (χ0n) is 18.3. The number of hydrogen-bond donors (Lipinski definition) is 2. The Hall–Kier alpha value is -3.20. The molecule has 1 aliphatic carbocycles. The van der Waals surface area contributed by atoms with Crippen molar-refractivity contribution in [2.24, 2.45) is 0 Å². The predicted octanol–water partition coefficient (Wildman–Crippen LogP) is 4.84. The summed E-state index contributed by atoms with van der Waals surface area (Å²) in [6, 6.07) is 38.6. The fourth-order valence-electron chi connectivity index (χ4n) is 5.18. The van der Waals surface area contributed by atoms with Crippen LogP contribution in [0.4, 0.5) is 0 Å². The Bertz CT molecular complexity index is 1070. The van der Waals surface area contributed by atoms with Gasteiger partial charge in [0.1, 0.15) is 25.7 Å². The second kappa shape index (κ2) is 9.52. The summed E-state index contributed by atoms with van der Waals surface area (Å²) in [6.45, 7) is 2.54. The molecule has 0 saturated carbocycles. The van der Waals surface area contributed by atoms with Crippen molar-refractivity contribution in [2.75, 3.05) is 6.54 Å². The quantitative estimate of drug-likeness (QED) is 0.419. The van der Waals surface area contributed by atoms with Crippen molar-refractivity contribution in [3.8, 4) is 11.1 Å². The Kier molecular flexibility index (Phi) is 6.15. The van der Waals surface area contributed by atoms with Crippen LogP contribution in [0.3, 0.4) is 0 Å². The van der Waals surface area contributed by atoms with E-state index in [2.05, 4.69) is 109 Å². The van der Waals surface area contributed by atoms with Gasteiger partial charge in [0.05, 0.1) is 0 Å². The predicted molar refractivity (Wildman–Crippen MR) is 130 cm³/mol. The Morgan fingerprint density at radius 2 is 1.03 bits per heavy atom. The SMILES string of the molecule is O[C@H](CC1c2ccccc2-c2ccccc21)C[NH+](Cc1ccccc1)Cc1ccccc1. The number of fused-ring (bicyclic) bond motifs is 3. The van der Waals surface area contributed by atoms with Crippen molar-refractivity contribution >= 4 is 0 Å². The van der Waals surface area contributed by atoms with Crippen LogP contribution in [0.5, 0.6) is 0 Å². The number of nitrogens with one attached hydrogen (secondary N) is 1. The lowest BCUT2D eigenvalue weighted by molar-refractivity contribution is -0.930. The Morgan fingerprint density at radius 3 is 1.53 bits per heavy atom. The molecule has 0 aliphatic heterocycles. The van der Waals surface area contributed by atoms with Crippen LogP contribution >= 0.6 is 0 Å². The molecule has 1 atom stereocenters. The fraction of sp³-hybridized carbons (Fsp3) is 0.200. The minimum atomic E-state index is -0.373. The molecule has 0 radical (unpaired) electrons. The Morgan fingerprint density at radius 1 is 0.594 bits per heavy atom. The molecule has 0 fully saturated rings. The van der Waals surface area contributed by atoms with Gasteiger partial charge in [-0.3, -0.25) is 0 Å². The van der Waals surface area contributed by atoms with E-state index in [1.54, 1.807) is 0 Å². The monoisotopic (exact) mass is 420 g/mol. The second-order valence-electron chi connectivity index (χ2n) is 8.90. The molecule has 5 rings (SSSR count). The van der Waals surface area contributed by atoms with E-state index in [4.69, 9.17) is 0 Å². The molecule has 0 bridgehead atoms. The first-order valence-corrected chi connectivity index (χ1v) is 11.6. The molecule has 0 aromatic heterocycles. The van der Waals surface area contributed by atoms with E-state index in [0.29, 0.717) is 0 Å². The standard InChI is InChI=1S/C30H29NO/c32-25(19-30-28-17-9-7-15-26(28)27-16-8-10-18-29(27)30)22-31(20-23-11-3-1-4-12-23)21-24-13-5-2-6-14-24/h1-18,25,30,32H,19-22H2/p+1/t25-/m1/s1. The first kappa shape index (κ1) is 20.7. The third-order valence-corrected chi connectivity index (χ3v) is 6.59. The number of benzene rings is 4. The van der Waals surface area contributed by atoms with E-state index in [0.717, 1.165) is 26.1 Å². The first-order valence-electron chi connectivity index (χ1n) is 11.6. The van der Waals surface area contributed by atoms with Gasteiger partial charge in [-0.2, -0.15) is 0 Å². The van der Waals surface area contributed by atoms with Gasteiger partial charge in [0.25, 0.3) is 0 Å². The molecule has 0 amide bonds. The van der Waals surface area contributed by atoms with Crippen LogP contribution in [0.2, 0.25) is 0 Å². The highest BCUT2D eigenvalue weighted by Crippen LogP contribution is 2.46. The molecule has 2 heteroatoms. The second-order valence-corrected chi connectivity index (χ2v) is 8.90. The number of hydrogen-bond acceptors (Lipinski definition) is 1. The maximum absolute atomic E-state index is 11.3. The van der Waals surface area contributed by atoms with Gasteiger partial charge in [0, 0.05) is 17.0 Å². The number of aliphatic hydroxyl groups excluding tert-OH is 1. The molecule has 4 aromatic carbocycles. The van der Waals surface area contributed by atoms with Crippen molar-refractivity contribution in [1.29, 1.82) is 0 Å². The molecule has 0 saturated heterocycles. The summed E-state index contributed by atoms with van der Waals surface area (Å²) < 4.78 is 0. The lowest BCUT2D eigenvalue weighted by Crippen LogP contribution is -3.10. The van der Waals surface area contributed by atoms with Gasteiger partial charge >= 0.3 is 0 Å². The van der Waals surface area contributed by atoms with E-state index in [1.807, 2.05) is 0 Å². The van der Waals surface area contributed by atoms with Gasteiger partial charge in [-0.15, -0.1) is 0 Å². The van der Waals surface area contributed by atoms with E-state index in [9.17, 15) is 5.11 Å². The fourth-order valence-corrected chi connectivity index (χ4v) is 5.18. The lowest BCUT2D eigenvalue weighted by Gasteiger charge is -2.25. The van der Waals surface area contributed by atoms with Crippen LogP contribution < -0.4 is 4.90 Å². The highest BCUT2D eigenvalue weighted by Gasteiger charge is 2.30. The topological polar surface area (TPSA) is 24.7 Å². The third-order valence-electron chi connectivity index (χ3n) is 6.59. The van der Waals surface area contributed by atoms with Crippen LogP contribution in [0.15, 0.2) is 109 Å². The molecular weight excluding hydrogens is 390 g/mol. The van der Waals surface area contributed by atoms with Gasteiger partial charge < -0.3 is 10.0 Å². The van der Waals surface area contributed by atoms with E-state index >= 15 is 0 Å². The molecular formula is C30H30NO+. The van der Waals surface area contributed by atoms with Gasteiger partial charge in [-0.1, -0.05) is 109 Å². The van der Waals surface area contributed by atoms with Crippen LogP contribution in [-0.4, -0.2) is 17.8 Å². The first-order chi connectivity index (χ1) is 15.8. The van der Waals surface area contributed by atoms with E-state index in [-0.39, 0.29) is 12.0 Å². The maximum atomic E-state index is 11.3. The Labute approximate surface area is 190 Å². The van der Waals surface area contributed by atoms with Crippen molar-refractivity contribution in [1.82, 2.24) is 0 Å². The van der Waals surface area contributed by atoms with Crippen LogP contribution in [0.25, 0.3) is 11.1 Å². The molecule has 32 heavy (non-hydrogen) atoms. The smallest absolute Gasteiger partial charge is 0.104 e. The molecule has 2 N–H and O–H groups in total. The summed E-state index contributed by atoms with van der Waals surface area (Å²) in [4.78, 5) is 1.38. The number of aliphatic hydroxyl groups is 1. The molecule has 0 spiro atoms. The average molecular weight is 421 g/mol. The summed E-state index contributed by atoms with van der Waals surface area (Å²) in [5.74, 6) is 0.257. The maximum Gasteiger partial charge on any atom is 0.104 e. The average Bonchev–Trinajstić information content (AvgIpc) is 3.14. The van der Waals surface area contributed by atoms with Crippen molar-refractivity contribution < 1.29 is 10.0 Å². The molecule has 1 aliphatic rings. The largest absolute Gasteiger partial charge is 0.387 e. The number of quaternary nitrogens is 1. The zero-order chi connectivity index (χ0) is 21.8. The summed E-state index contributed by atoms with van der Waals surface area (Å²) in [7, 11) is 0. The molecule has 0 heterocycles. The Balaban J connectivity index is 1.35. The summed E-state index contributed by atoms with van der Waals surface area (Å²) in [6.07, 6.45) is 0.378. The van der Waals surface area contributed by atoms with Gasteiger partial charge in [-0.05, 0) is 28.7 Å². The molecule has 4 aromatic rings. The van der Waals surface area contributed by atoms with Gasteiger partial charge in [0.2, 0.25) is 0 Å². The van der Waals surface area contributed by atoms with E-state index < -0.39 is 0 Å². The highest BCUT2D eigenvalue weighted by atomic mass is 16.3. The minimum absolute atomic E-state index is 0.257. The van der Waals surface area contributed by atoms with E-state index in [1.165, 1.54) is 38.3 Å². The molecule has 0 unspecified atom stereocenters. The van der Waals surface area contributed by atoms with Gasteiger partial charge in [-0.25, -0.2) is 0 Å². The van der Waals surface area contributed by atoms with Crippen molar-refractivity contribution in [3.63, 3.8) is 0 Å². The van der Waals surface area contributed by atoms with Crippen LogP contribution in [0, 0.1) is 0 Å². The van der Waals surface area contributed by atoms with Crippen LogP contribution in [0.1, 0.15) is 34.6 Å². The van der Waals surface area contributed by atoms with Gasteiger partial charge in [0.15, 0.2) is 0 Å². The van der Waals surface area contributed by atoms with Crippen molar-refractivity contribution in [2.45, 2.75) is 31.5 Å². The normalized spacial score (nSPS) is 13.7. The minimum Gasteiger partial charge on any atom is -0.387 e. The summed E-state index contributed by atoms with van der Waals surface area (Å²) >= 11 is 0. The van der Waals surface area contributed by atoms with Crippen molar-refractivity contribution in [3.05, 3.63) is 131 Å². The zero-order valence-corrected chi connectivity index (χ0v) is 18.3. The summed E-state index contributed by atoms with van der Waals surface area (Å²) in [5.41, 5.74) is 7.95. The molecule has 160 valence electrons. The third kappa shape index (κ3) is 4.52. The lowest BCUT2D eigenvalue weighted by atomic mass is 9.91. The summed E-state index contributed by atoms with van der Waals surface area (Å²) in [5, 5.41) is 11.3. The highest BCUT2D eigenvalue weighted by molar-refractivity contribution is 5.78. The van der Waals surface area contributed by atoms with Crippen LogP contribution in [-0.2, 0) is 13.1 Å².